The molecule has 0 radical (unpaired) electrons. The number of carbonyl (C=O) groups is 1. The summed E-state index contributed by atoms with van der Waals surface area (Å²) in [5.74, 6) is 0.280. The van der Waals surface area contributed by atoms with Gasteiger partial charge in [-0.25, -0.2) is 0 Å². The number of hydrogen-bond acceptors (Lipinski definition) is 3. The molecule has 0 amide bonds. The molecule has 0 saturated heterocycles. The molecule has 114 valence electrons. The zero-order valence-electron chi connectivity index (χ0n) is 12.6. The van der Waals surface area contributed by atoms with E-state index in [1.54, 1.807) is 6.08 Å². The number of ketones is 1. The molecule has 1 fully saturated rings. The first-order valence-corrected chi connectivity index (χ1v) is 7.62. The van der Waals surface area contributed by atoms with Crippen LogP contribution in [0.2, 0.25) is 0 Å². The molecule has 0 unspecified atom stereocenters. The lowest BCUT2D eigenvalue weighted by atomic mass is 9.74. The fraction of sp³-hybridized carbons (Fsp3) is 0.500. The van der Waals surface area contributed by atoms with E-state index >= 15 is 0 Å². The first kappa shape index (κ1) is 15.9. The Hall–Kier alpha value is -1.45. The molecule has 1 aliphatic carbocycles. The third-order valence-corrected chi connectivity index (χ3v) is 4.07. The summed E-state index contributed by atoms with van der Waals surface area (Å²) in [5, 5.41) is 9.94. The molecular formula is C18H24O3. The molecule has 3 heteroatoms. The third kappa shape index (κ3) is 4.80. The highest BCUT2D eigenvalue weighted by Crippen LogP contribution is 2.34. The number of hydrogen-bond donors (Lipinski definition) is 1. The smallest absolute Gasteiger partial charge is 0.142 e. The van der Waals surface area contributed by atoms with Gasteiger partial charge in [-0.05, 0) is 25.3 Å². The Morgan fingerprint density at radius 3 is 2.81 bits per heavy atom. The Bertz CT molecular complexity index is 480. The van der Waals surface area contributed by atoms with E-state index in [1.165, 1.54) is 0 Å². The molecule has 0 spiro atoms. The van der Waals surface area contributed by atoms with E-state index in [0.29, 0.717) is 13.0 Å². The van der Waals surface area contributed by atoms with Gasteiger partial charge < -0.3 is 9.84 Å². The summed E-state index contributed by atoms with van der Waals surface area (Å²) >= 11 is 0. The zero-order valence-corrected chi connectivity index (χ0v) is 12.6. The molecule has 1 aliphatic rings. The monoisotopic (exact) mass is 288 g/mol. The standard InChI is InChI=1S/C18H24O3/c1-18(11-6-5-9-17(18)20)12-10-16(19)14-21-13-15-7-3-2-4-8-15/h2-4,7-8,10,12,16,19H,5-6,9,11,13-14H2,1H3/b12-10+/t16-,18-/m1/s1. The zero-order chi connectivity index (χ0) is 15.1. The summed E-state index contributed by atoms with van der Waals surface area (Å²) in [6.45, 7) is 2.69. The van der Waals surface area contributed by atoms with Crippen LogP contribution in [-0.4, -0.2) is 23.6 Å². The summed E-state index contributed by atoms with van der Waals surface area (Å²) in [6.07, 6.45) is 6.50. The highest BCUT2D eigenvalue weighted by atomic mass is 16.5. The maximum atomic E-state index is 12.0. The number of carbonyl (C=O) groups excluding carboxylic acids is 1. The molecule has 21 heavy (non-hydrogen) atoms. The highest BCUT2D eigenvalue weighted by molar-refractivity contribution is 5.86. The fourth-order valence-electron chi connectivity index (χ4n) is 2.63. The SMILES string of the molecule is C[C@]1(/C=C/[C@@H](O)COCc2ccccc2)CCCCC1=O. The van der Waals surface area contributed by atoms with Crippen LogP contribution < -0.4 is 0 Å². The van der Waals surface area contributed by atoms with Crippen molar-refractivity contribution in [1.82, 2.24) is 0 Å². The number of Topliss-reactive ketones (excluding diaryl/α,β-unsaturated/α-hetero) is 1. The number of aliphatic hydroxyl groups is 1. The lowest BCUT2D eigenvalue weighted by Gasteiger charge is -2.29. The van der Waals surface area contributed by atoms with Gasteiger partial charge in [0.25, 0.3) is 0 Å². The van der Waals surface area contributed by atoms with Crippen molar-refractivity contribution in [3.05, 3.63) is 48.0 Å². The van der Waals surface area contributed by atoms with E-state index in [1.807, 2.05) is 43.3 Å². The quantitative estimate of drug-likeness (QED) is 0.817. The third-order valence-electron chi connectivity index (χ3n) is 4.07. The van der Waals surface area contributed by atoms with Gasteiger partial charge >= 0.3 is 0 Å². The van der Waals surface area contributed by atoms with E-state index in [-0.39, 0.29) is 12.4 Å². The second-order valence-electron chi connectivity index (χ2n) is 5.97. The van der Waals surface area contributed by atoms with Crippen LogP contribution >= 0.6 is 0 Å². The predicted octanol–water partition coefficient (Wildman–Crippen LogP) is 3.27. The first-order valence-electron chi connectivity index (χ1n) is 7.62. The maximum Gasteiger partial charge on any atom is 0.142 e. The van der Waals surface area contributed by atoms with Gasteiger partial charge in [0.1, 0.15) is 5.78 Å². The Morgan fingerprint density at radius 2 is 2.10 bits per heavy atom. The minimum absolute atomic E-state index is 0.246. The predicted molar refractivity (Wildman–Crippen MR) is 82.8 cm³/mol. The van der Waals surface area contributed by atoms with Crippen molar-refractivity contribution >= 4 is 5.78 Å². The van der Waals surface area contributed by atoms with Gasteiger partial charge in [0.2, 0.25) is 0 Å². The van der Waals surface area contributed by atoms with Crippen molar-refractivity contribution in [1.29, 1.82) is 0 Å². The van der Waals surface area contributed by atoms with Crippen molar-refractivity contribution in [3.8, 4) is 0 Å². The van der Waals surface area contributed by atoms with Crippen LogP contribution in [0.4, 0.5) is 0 Å². The second-order valence-corrected chi connectivity index (χ2v) is 5.97. The largest absolute Gasteiger partial charge is 0.387 e. The lowest BCUT2D eigenvalue weighted by molar-refractivity contribution is -0.127. The van der Waals surface area contributed by atoms with Crippen LogP contribution in [0, 0.1) is 5.41 Å². The van der Waals surface area contributed by atoms with Crippen molar-refractivity contribution in [2.75, 3.05) is 6.61 Å². The van der Waals surface area contributed by atoms with Gasteiger partial charge in [0, 0.05) is 11.8 Å². The summed E-state index contributed by atoms with van der Waals surface area (Å²) in [4.78, 5) is 12.0. The van der Waals surface area contributed by atoms with Gasteiger partial charge in [-0.2, -0.15) is 0 Å². The van der Waals surface area contributed by atoms with Crippen LogP contribution in [0.1, 0.15) is 38.2 Å². The van der Waals surface area contributed by atoms with Crippen molar-refractivity contribution in [3.63, 3.8) is 0 Å². The van der Waals surface area contributed by atoms with E-state index in [2.05, 4.69) is 0 Å². The molecule has 0 aromatic heterocycles. The van der Waals surface area contributed by atoms with Crippen LogP contribution in [0.3, 0.4) is 0 Å². The summed E-state index contributed by atoms with van der Waals surface area (Å²) < 4.78 is 5.49. The summed E-state index contributed by atoms with van der Waals surface area (Å²) in [6, 6.07) is 9.87. The Labute approximate surface area is 126 Å². The minimum Gasteiger partial charge on any atom is -0.387 e. The second kappa shape index (κ2) is 7.53. The summed E-state index contributed by atoms with van der Waals surface area (Å²) in [7, 11) is 0. The molecule has 2 atom stereocenters. The molecule has 0 heterocycles. The van der Waals surface area contributed by atoms with Crippen molar-refractivity contribution < 1.29 is 14.6 Å². The van der Waals surface area contributed by atoms with Crippen LogP contribution in [0.25, 0.3) is 0 Å². The minimum atomic E-state index is -0.666. The van der Waals surface area contributed by atoms with Gasteiger partial charge in [0.15, 0.2) is 0 Å². The molecule has 1 saturated carbocycles. The number of rotatable bonds is 6. The summed E-state index contributed by atoms with van der Waals surface area (Å²) in [5.41, 5.74) is 0.682. The number of allylic oxidation sites excluding steroid dienone is 1. The van der Waals surface area contributed by atoms with Gasteiger partial charge in [-0.1, -0.05) is 48.9 Å². The lowest BCUT2D eigenvalue weighted by Crippen LogP contribution is -2.29. The molecule has 0 aliphatic heterocycles. The molecule has 3 nitrogen and oxygen atoms in total. The number of benzene rings is 1. The number of ether oxygens (including phenoxy) is 1. The van der Waals surface area contributed by atoms with Crippen LogP contribution in [-0.2, 0) is 16.1 Å². The molecular weight excluding hydrogens is 264 g/mol. The molecule has 0 bridgehead atoms. The maximum absolute atomic E-state index is 12.0. The Morgan fingerprint density at radius 1 is 1.33 bits per heavy atom. The van der Waals surface area contributed by atoms with Crippen molar-refractivity contribution in [2.24, 2.45) is 5.41 Å². The first-order chi connectivity index (χ1) is 10.1. The molecule has 1 aromatic rings. The van der Waals surface area contributed by atoms with E-state index in [9.17, 15) is 9.90 Å². The average molecular weight is 288 g/mol. The van der Waals surface area contributed by atoms with E-state index in [4.69, 9.17) is 4.74 Å². The Balaban J connectivity index is 1.77. The fourth-order valence-corrected chi connectivity index (χ4v) is 2.63. The normalized spacial score (nSPS) is 24.4. The van der Waals surface area contributed by atoms with Gasteiger partial charge in [0.05, 0.1) is 19.3 Å². The van der Waals surface area contributed by atoms with E-state index in [0.717, 1.165) is 24.8 Å². The number of aliphatic hydroxyl groups excluding tert-OH is 1. The van der Waals surface area contributed by atoms with Crippen LogP contribution in [0.5, 0.6) is 0 Å². The van der Waals surface area contributed by atoms with E-state index < -0.39 is 11.5 Å². The van der Waals surface area contributed by atoms with Gasteiger partial charge in [-0.3, -0.25) is 4.79 Å². The Kier molecular flexibility index (Phi) is 5.71. The topological polar surface area (TPSA) is 46.5 Å². The highest BCUT2D eigenvalue weighted by Gasteiger charge is 2.32. The van der Waals surface area contributed by atoms with Crippen molar-refractivity contribution in [2.45, 2.75) is 45.3 Å². The molecule has 2 rings (SSSR count). The molecule has 1 aromatic carbocycles. The average Bonchev–Trinajstić information content (AvgIpc) is 2.50. The molecule has 1 N–H and O–H groups in total. The van der Waals surface area contributed by atoms with Gasteiger partial charge in [-0.15, -0.1) is 0 Å². The van der Waals surface area contributed by atoms with Crippen LogP contribution in [0.15, 0.2) is 42.5 Å².